The molecule has 3 heterocycles. The molecule has 0 fully saturated rings. The van der Waals surface area contributed by atoms with Crippen LogP contribution in [-0.4, -0.2) is 45.1 Å². The van der Waals surface area contributed by atoms with Gasteiger partial charge in [-0.3, -0.25) is 14.2 Å². The highest BCUT2D eigenvalue weighted by molar-refractivity contribution is 7.07. The third-order valence-corrected chi connectivity index (χ3v) is 6.96. The molecular formula is C24H24N4O6S. The number of methoxy groups -OCH3 is 3. The highest BCUT2D eigenvalue weighted by Crippen LogP contribution is 2.41. The summed E-state index contributed by atoms with van der Waals surface area (Å²) in [6, 6.07) is 8.99. The molecule has 2 aliphatic rings. The van der Waals surface area contributed by atoms with Crippen LogP contribution in [0.3, 0.4) is 0 Å². The number of benzene rings is 2. The maximum absolute atomic E-state index is 13.5. The lowest BCUT2D eigenvalue weighted by molar-refractivity contribution is -0.110. The molecule has 11 heteroatoms. The minimum Gasteiger partial charge on any atom is -0.494 e. The molecule has 2 aliphatic heterocycles. The van der Waals surface area contributed by atoms with Gasteiger partial charge in [0.25, 0.3) is 11.5 Å². The predicted molar refractivity (Wildman–Crippen MR) is 132 cm³/mol. The lowest BCUT2D eigenvalue weighted by atomic mass is 10.1. The Labute approximate surface area is 204 Å². The highest BCUT2D eigenvalue weighted by Gasteiger charge is 2.29. The summed E-state index contributed by atoms with van der Waals surface area (Å²) < 4.78 is 23.8. The van der Waals surface area contributed by atoms with E-state index in [9.17, 15) is 9.59 Å². The van der Waals surface area contributed by atoms with E-state index in [-0.39, 0.29) is 18.1 Å². The molecule has 2 aromatic carbocycles. The number of anilines is 2. The Balaban J connectivity index is 1.59. The van der Waals surface area contributed by atoms with E-state index in [4.69, 9.17) is 18.9 Å². The molecule has 1 aromatic heterocycles. The number of hydrogen-bond acceptors (Lipinski definition) is 9. The van der Waals surface area contributed by atoms with Gasteiger partial charge in [0.05, 0.1) is 33.5 Å². The minimum atomic E-state index is -0.313. The first-order valence-corrected chi connectivity index (χ1v) is 11.7. The zero-order chi connectivity index (χ0) is 24.7. The third kappa shape index (κ3) is 3.77. The minimum absolute atomic E-state index is 0.257. The fourth-order valence-electron chi connectivity index (χ4n) is 4.20. The smallest absolute Gasteiger partial charge is 0.272 e. The summed E-state index contributed by atoms with van der Waals surface area (Å²) in [5.74, 6) is 1.82. The second-order valence-electron chi connectivity index (χ2n) is 7.78. The van der Waals surface area contributed by atoms with Crippen molar-refractivity contribution < 1.29 is 23.7 Å². The van der Waals surface area contributed by atoms with Gasteiger partial charge in [0.1, 0.15) is 23.6 Å². The van der Waals surface area contributed by atoms with Crippen molar-refractivity contribution in [3.8, 4) is 23.0 Å². The SMILES string of the molecule is CCOc1ccc2c(c1)/C(=c1/sc3n(c1=O)CN(c1cc(OC)c(OC)c(OC)c1)CN=3)C(=O)N2. The molecule has 1 N–H and O–H groups in total. The standard InChI is InChI=1S/C24H24N4O6S/c1-5-34-14-6-7-16-15(10-14)19(22(29)26-16)21-23(30)28-12-27(11-25-24(28)35-21)13-8-17(31-2)20(33-4)18(9-13)32-3/h6-10H,5,11-12H2,1-4H3,(H,26,29)/b21-19-. The van der Waals surface area contributed by atoms with Crippen LogP contribution in [0.5, 0.6) is 23.0 Å². The van der Waals surface area contributed by atoms with Gasteiger partial charge >= 0.3 is 0 Å². The van der Waals surface area contributed by atoms with Crippen LogP contribution in [-0.2, 0) is 11.5 Å². The maximum atomic E-state index is 13.5. The third-order valence-electron chi connectivity index (χ3n) is 5.84. The van der Waals surface area contributed by atoms with Gasteiger partial charge in [0.15, 0.2) is 16.3 Å². The van der Waals surface area contributed by atoms with Crippen molar-refractivity contribution in [3.63, 3.8) is 0 Å². The second-order valence-corrected chi connectivity index (χ2v) is 8.76. The molecule has 0 aliphatic carbocycles. The Bertz CT molecular complexity index is 1480. The number of nitrogens with one attached hydrogen (secondary N) is 1. The van der Waals surface area contributed by atoms with Crippen LogP contribution in [0.1, 0.15) is 12.5 Å². The topological polar surface area (TPSA) is 104 Å². The van der Waals surface area contributed by atoms with Gasteiger partial charge in [-0.2, -0.15) is 0 Å². The molecule has 0 unspecified atom stereocenters. The normalized spacial score (nSPS) is 15.7. The summed E-state index contributed by atoms with van der Waals surface area (Å²) in [6.07, 6.45) is 0. The number of carbonyl (C=O) groups excluding carboxylic acids is 1. The number of ether oxygens (including phenoxy) is 4. The van der Waals surface area contributed by atoms with Crippen molar-refractivity contribution in [2.75, 3.05) is 44.8 Å². The zero-order valence-corrected chi connectivity index (χ0v) is 20.5. The number of hydrogen-bond donors (Lipinski definition) is 1. The van der Waals surface area contributed by atoms with Crippen molar-refractivity contribution >= 4 is 34.2 Å². The molecule has 10 nitrogen and oxygen atoms in total. The molecule has 0 bridgehead atoms. The maximum Gasteiger partial charge on any atom is 0.272 e. The Morgan fingerprint density at radius 3 is 2.46 bits per heavy atom. The average molecular weight is 497 g/mol. The van der Waals surface area contributed by atoms with Gasteiger partial charge in [-0.25, -0.2) is 4.99 Å². The van der Waals surface area contributed by atoms with Crippen LogP contribution < -0.4 is 44.1 Å². The van der Waals surface area contributed by atoms with Gasteiger partial charge in [-0.1, -0.05) is 11.3 Å². The van der Waals surface area contributed by atoms with E-state index < -0.39 is 0 Å². The van der Waals surface area contributed by atoms with E-state index >= 15 is 0 Å². The van der Waals surface area contributed by atoms with Crippen LogP contribution in [0.4, 0.5) is 11.4 Å². The summed E-state index contributed by atoms with van der Waals surface area (Å²) in [5.41, 5.74) is 2.13. The van der Waals surface area contributed by atoms with Gasteiger partial charge in [-0.15, -0.1) is 0 Å². The molecule has 0 saturated heterocycles. The first-order chi connectivity index (χ1) is 17.0. The molecule has 35 heavy (non-hydrogen) atoms. The summed E-state index contributed by atoms with van der Waals surface area (Å²) >= 11 is 1.21. The number of amides is 1. The van der Waals surface area contributed by atoms with Gasteiger partial charge in [-0.05, 0) is 25.1 Å². The molecule has 0 radical (unpaired) electrons. The van der Waals surface area contributed by atoms with Crippen molar-refractivity contribution in [2.24, 2.45) is 4.99 Å². The van der Waals surface area contributed by atoms with Crippen LogP contribution >= 0.6 is 11.3 Å². The number of thiazole rings is 1. The largest absolute Gasteiger partial charge is 0.494 e. The first kappa shape index (κ1) is 22.8. The molecule has 5 rings (SSSR count). The van der Waals surface area contributed by atoms with E-state index in [0.29, 0.717) is 62.4 Å². The quantitative estimate of drug-likeness (QED) is 0.552. The molecular weight excluding hydrogens is 472 g/mol. The van der Waals surface area contributed by atoms with Crippen molar-refractivity contribution in [1.82, 2.24) is 4.57 Å². The lowest BCUT2D eigenvalue weighted by Gasteiger charge is -2.27. The number of carbonyl (C=O) groups is 1. The average Bonchev–Trinajstić information content (AvgIpc) is 3.37. The highest BCUT2D eigenvalue weighted by atomic mass is 32.1. The summed E-state index contributed by atoms with van der Waals surface area (Å²) in [7, 11) is 4.64. The van der Waals surface area contributed by atoms with E-state index in [1.54, 1.807) is 44.1 Å². The fourth-order valence-corrected chi connectivity index (χ4v) is 5.26. The van der Waals surface area contributed by atoms with Crippen LogP contribution in [0, 0.1) is 0 Å². The van der Waals surface area contributed by atoms with Crippen molar-refractivity contribution in [3.05, 3.63) is 55.6 Å². The van der Waals surface area contributed by atoms with Crippen LogP contribution in [0.15, 0.2) is 40.1 Å². The molecule has 0 atom stereocenters. The Morgan fingerprint density at radius 1 is 1.06 bits per heavy atom. The van der Waals surface area contributed by atoms with Crippen LogP contribution in [0.25, 0.3) is 5.57 Å². The van der Waals surface area contributed by atoms with Gasteiger partial charge in [0, 0.05) is 29.1 Å². The predicted octanol–water partition coefficient (Wildman–Crippen LogP) is 1.54. The summed E-state index contributed by atoms with van der Waals surface area (Å²) in [6.45, 7) is 2.97. The Morgan fingerprint density at radius 2 is 1.80 bits per heavy atom. The van der Waals surface area contributed by atoms with Crippen molar-refractivity contribution in [1.29, 1.82) is 0 Å². The second kappa shape index (κ2) is 8.99. The van der Waals surface area contributed by atoms with E-state index in [1.165, 1.54) is 11.3 Å². The van der Waals surface area contributed by atoms with Crippen LogP contribution in [0.2, 0.25) is 0 Å². The van der Waals surface area contributed by atoms with E-state index in [0.717, 1.165) is 5.69 Å². The van der Waals surface area contributed by atoms with E-state index in [1.807, 2.05) is 24.0 Å². The number of fused-ring (bicyclic) bond motifs is 2. The molecule has 0 spiro atoms. The summed E-state index contributed by atoms with van der Waals surface area (Å²) in [4.78, 5) is 33.4. The zero-order valence-electron chi connectivity index (χ0n) is 19.7. The fraction of sp³-hybridized carbons (Fsp3) is 0.292. The first-order valence-electron chi connectivity index (χ1n) is 10.9. The lowest BCUT2D eigenvalue weighted by Crippen LogP contribution is -2.43. The summed E-state index contributed by atoms with van der Waals surface area (Å²) in [5, 5.41) is 2.84. The molecule has 182 valence electrons. The Hall–Kier alpha value is -3.99. The monoisotopic (exact) mass is 496 g/mol. The van der Waals surface area contributed by atoms with E-state index in [2.05, 4.69) is 10.3 Å². The van der Waals surface area contributed by atoms with Gasteiger partial charge < -0.3 is 29.2 Å². The van der Waals surface area contributed by atoms with Crippen molar-refractivity contribution in [2.45, 2.75) is 13.6 Å². The molecule has 1 amide bonds. The Kier molecular flexibility index (Phi) is 5.85. The van der Waals surface area contributed by atoms with Gasteiger partial charge in [0.2, 0.25) is 5.75 Å². The molecule has 0 saturated carbocycles. The number of nitrogens with zero attached hydrogens (tertiary/aromatic N) is 3. The molecule has 3 aromatic rings. The number of aromatic nitrogens is 1. The number of rotatable bonds is 6.